The van der Waals surface area contributed by atoms with Crippen molar-refractivity contribution in [2.24, 2.45) is 0 Å². The van der Waals surface area contributed by atoms with Gasteiger partial charge < -0.3 is 19.8 Å². The number of pyridine rings is 3. The lowest BCUT2D eigenvalue weighted by Gasteiger charge is -2.52. The van der Waals surface area contributed by atoms with Crippen LogP contribution in [0.5, 0.6) is 5.88 Å². The second-order valence-electron chi connectivity index (χ2n) is 9.56. The van der Waals surface area contributed by atoms with Gasteiger partial charge in [0.05, 0.1) is 41.3 Å². The van der Waals surface area contributed by atoms with Gasteiger partial charge in [-0.05, 0) is 50.3 Å². The zero-order valence-corrected chi connectivity index (χ0v) is 19.2. The van der Waals surface area contributed by atoms with Gasteiger partial charge in [-0.2, -0.15) is 0 Å². The maximum atomic E-state index is 14.9. The highest BCUT2D eigenvalue weighted by Crippen LogP contribution is 2.41. The summed E-state index contributed by atoms with van der Waals surface area (Å²) in [6.45, 7) is 1.78. The Morgan fingerprint density at radius 3 is 2.83 bits per heavy atom. The molecule has 7 rings (SSSR count). The molecule has 0 atom stereocenters. The van der Waals surface area contributed by atoms with Crippen LogP contribution in [0.15, 0.2) is 35.3 Å². The first-order valence-corrected chi connectivity index (χ1v) is 12.0. The number of anilines is 1. The van der Waals surface area contributed by atoms with Crippen LogP contribution in [0.2, 0.25) is 0 Å². The Morgan fingerprint density at radius 1 is 1.17 bits per heavy atom. The molecule has 0 unspecified atom stereocenters. The standard InChI is InChI=1S/C25H26FN5O4/c26-18-11-27-19-3-4-21(32)30-23(19)17(18)7-10-31(25-8-5-16(6-9-25)34-14-25)13-15-1-2-20-24(29-15)35-22(33)12-28-20/h1-4,11,16,28H,5-10,12-14H2,(H,30,32). The van der Waals surface area contributed by atoms with Crippen molar-refractivity contribution in [1.29, 1.82) is 0 Å². The van der Waals surface area contributed by atoms with Gasteiger partial charge >= 0.3 is 5.97 Å². The van der Waals surface area contributed by atoms with Gasteiger partial charge in [0, 0.05) is 30.3 Å². The van der Waals surface area contributed by atoms with E-state index in [0.29, 0.717) is 54.5 Å². The first kappa shape index (κ1) is 22.1. The highest BCUT2D eigenvalue weighted by molar-refractivity contribution is 5.82. The first-order valence-electron chi connectivity index (χ1n) is 12.0. The molecule has 3 aromatic rings. The molecule has 0 aromatic carbocycles. The van der Waals surface area contributed by atoms with Crippen molar-refractivity contribution in [2.45, 2.75) is 50.3 Å². The van der Waals surface area contributed by atoms with Crippen LogP contribution >= 0.6 is 0 Å². The SMILES string of the molecule is O=C1CNc2ccc(CN(CCc3c(F)cnc4ccc(=O)[nH]c34)C34CCC(CC3)OC4)nc2O1. The van der Waals surface area contributed by atoms with E-state index in [1.807, 2.05) is 12.1 Å². The van der Waals surface area contributed by atoms with Gasteiger partial charge in [-0.3, -0.25) is 14.7 Å². The van der Waals surface area contributed by atoms with Gasteiger partial charge in [0.2, 0.25) is 11.4 Å². The van der Waals surface area contributed by atoms with E-state index in [9.17, 15) is 14.0 Å². The summed E-state index contributed by atoms with van der Waals surface area (Å²) in [5.41, 5.74) is 2.41. The number of nitrogens with zero attached hydrogens (tertiary/aromatic N) is 3. The zero-order chi connectivity index (χ0) is 24.0. The van der Waals surface area contributed by atoms with Crippen LogP contribution in [0.25, 0.3) is 11.0 Å². The fraction of sp³-hybridized carbons (Fsp3) is 0.440. The number of H-pyrrole nitrogens is 1. The molecule has 2 N–H and O–H groups in total. The maximum Gasteiger partial charge on any atom is 0.332 e. The van der Waals surface area contributed by atoms with Crippen LogP contribution < -0.4 is 15.6 Å². The highest BCUT2D eigenvalue weighted by Gasteiger charge is 2.45. The van der Waals surface area contributed by atoms with Gasteiger partial charge in [0.15, 0.2) is 0 Å². The molecule has 6 heterocycles. The molecule has 3 fully saturated rings. The number of hydrogen-bond acceptors (Lipinski definition) is 8. The molecule has 1 aliphatic carbocycles. The van der Waals surface area contributed by atoms with Crippen molar-refractivity contribution in [2.75, 3.05) is 25.0 Å². The maximum absolute atomic E-state index is 14.9. The molecular weight excluding hydrogens is 453 g/mol. The van der Waals surface area contributed by atoms with Crippen molar-refractivity contribution in [3.8, 4) is 5.88 Å². The number of nitrogens with one attached hydrogen (secondary N) is 2. The summed E-state index contributed by atoms with van der Waals surface area (Å²) in [6.07, 6.45) is 5.89. The minimum absolute atomic E-state index is 0.120. The third kappa shape index (κ3) is 4.17. The van der Waals surface area contributed by atoms with E-state index in [-0.39, 0.29) is 29.5 Å². The fourth-order valence-electron chi connectivity index (χ4n) is 5.51. The van der Waals surface area contributed by atoms with Gasteiger partial charge in [-0.1, -0.05) is 0 Å². The Hall–Kier alpha value is -3.37. The summed E-state index contributed by atoms with van der Waals surface area (Å²) in [6, 6.07) is 6.79. The molecule has 0 amide bonds. The molecule has 35 heavy (non-hydrogen) atoms. The second-order valence-corrected chi connectivity index (χ2v) is 9.56. The fourth-order valence-corrected chi connectivity index (χ4v) is 5.51. The molecule has 182 valence electrons. The topological polar surface area (TPSA) is 109 Å². The van der Waals surface area contributed by atoms with Gasteiger partial charge in [-0.25, -0.2) is 14.2 Å². The molecule has 2 saturated heterocycles. The van der Waals surface area contributed by atoms with E-state index in [4.69, 9.17) is 9.47 Å². The molecule has 1 saturated carbocycles. The average molecular weight is 480 g/mol. The van der Waals surface area contributed by atoms with E-state index in [0.717, 1.165) is 31.4 Å². The predicted molar refractivity (Wildman–Crippen MR) is 126 cm³/mol. The summed E-state index contributed by atoms with van der Waals surface area (Å²) in [5, 5.41) is 3.01. The number of aromatic nitrogens is 3. The predicted octanol–water partition coefficient (Wildman–Crippen LogP) is 2.54. The van der Waals surface area contributed by atoms with Crippen LogP contribution in [-0.4, -0.2) is 57.2 Å². The van der Waals surface area contributed by atoms with Crippen LogP contribution in [0.3, 0.4) is 0 Å². The van der Waals surface area contributed by atoms with Crippen molar-refractivity contribution >= 4 is 22.7 Å². The van der Waals surface area contributed by atoms with E-state index < -0.39 is 5.82 Å². The molecule has 10 heteroatoms. The van der Waals surface area contributed by atoms with Gasteiger partial charge in [-0.15, -0.1) is 0 Å². The molecule has 0 spiro atoms. The Labute approximate surface area is 200 Å². The van der Waals surface area contributed by atoms with E-state index in [1.54, 1.807) is 6.07 Å². The summed E-state index contributed by atoms with van der Waals surface area (Å²) in [5.74, 6) is -0.528. The number of aromatic amines is 1. The summed E-state index contributed by atoms with van der Waals surface area (Å²) in [7, 11) is 0. The lowest BCUT2D eigenvalue weighted by molar-refractivity contribution is -0.138. The Morgan fingerprint density at radius 2 is 2.03 bits per heavy atom. The molecule has 3 aromatic heterocycles. The van der Waals surface area contributed by atoms with Crippen molar-refractivity contribution in [3.05, 3.63) is 57.9 Å². The zero-order valence-electron chi connectivity index (χ0n) is 19.2. The summed E-state index contributed by atoms with van der Waals surface area (Å²) >= 11 is 0. The third-order valence-corrected chi connectivity index (χ3v) is 7.46. The van der Waals surface area contributed by atoms with Crippen molar-refractivity contribution in [3.63, 3.8) is 0 Å². The number of ether oxygens (including phenoxy) is 2. The number of fused-ring (bicyclic) bond motifs is 5. The normalized spacial score (nSPS) is 23.3. The molecule has 3 aliphatic heterocycles. The van der Waals surface area contributed by atoms with Crippen LogP contribution in [0.4, 0.5) is 10.1 Å². The molecule has 4 aliphatic rings. The van der Waals surface area contributed by atoms with Crippen LogP contribution in [-0.2, 0) is 22.5 Å². The van der Waals surface area contributed by atoms with Gasteiger partial charge in [0.25, 0.3) is 0 Å². The summed E-state index contributed by atoms with van der Waals surface area (Å²) < 4.78 is 26.3. The first-order chi connectivity index (χ1) is 17.0. The molecular formula is C25H26FN5O4. The lowest BCUT2D eigenvalue weighted by Crippen LogP contribution is -2.59. The molecule has 0 radical (unpaired) electrons. The second kappa shape index (κ2) is 8.69. The van der Waals surface area contributed by atoms with E-state index >= 15 is 0 Å². The Bertz CT molecular complexity index is 1340. The molecule has 9 nitrogen and oxygen atoms in total. The minimum Gasteiger partial charge on any atom is -0.404 e. The van der Waals surface area contributed by atoms with Crippen molar-refractivity contribution in [1.82, 2.24) is 19.9 Å². The lowest BCUT2D eigenvalue weighted by atomic mass is 9.76. The third-order valence-electron chi connectivity index (χ3n) is 7.46. The van der Waals surface area contributed by atoms with Gasteiger partial charge in [0.1, 0.15) is 12.4 Å². The van der Waals surface area contributed by atoms with E-state index in [2.05, 4.69) is 25.2 Å². The van der Waals surface area contributed by atoms with Crippen LogP contribution in [0, 0.1) is 5.82 Å². The van der Waals surface area contributed by atoms with Crippen molar-refractivity contribution < 1.29 is 18.7 Å². The number of esters is 1. The smallest absolute Gasteiger partial charge is 0.332 e. The Balaban J connectivity index is 1.31. The van der Waals surface area contributed by atoms with E-state index in [1.165, 1.54) is 12.3 Å². The Kier molecular flexibility index (Phi) is 5.49. The summed E-state index contributed by atoms with van der Waals surface area (Å²) in [4.78, 5) is 37.4. The average Bonchev–Trinajstić information content (AvgIpc) is 2.88. The minimum atomic E-state index is -0.440. The molecule has 2 bridgehead atoms. The number of carbonyl (C=O) groups is 1. The number of hydrogen-bond donors (Lipinski definition) is 2. The monoisotopic (exact) mass is 479 g/mol. The number of rotatable bonds is 6. The number of halogens is 1. The van der Waals surface area contributed by atoms with Crippen LogP contribution in [0.1, 0.15) is 36.9 Å². The highest BCUT2D eigenvalue weighted by atomic mass is 19.1. The number of carbonyl (C=O) groups excluding carboxylic acids is 1. The largest absolute Gasteiger partial charge is 0.404 e. The quantitative estimate of drug-likeness (QED) is 0.519.